The number of hydrogen-bond donors (Lipinski definition) is 0. The van der Waals surface area contributed by atoms with Gasteiger partial charge in [-0.2, -0.15) is 0 Å². The molecule has 0 aliphatic carbocycles. The summed E-state index contributed by atoms with van der Waals surface area (Å²) in [5, 5.41) is 0. The van der Waals surface area contributed by atoms with Crippen LogP contribution >= 0.6 is 0 Å². The third-order valence-corrected chi connectivity index (χ3v) is 0. The molecule has 0 unspecified atom stereocenters. The molecule has 0 spiro atoms. The van der Waals surface area contributed by atoms with E-state index in [4.69, 9.17) is 0 Å². The van der Waals surface area contributed by atoms with Crippen LogP contribution in [0, 0.1) is 0 Å². The van der Waals surface area contributed by atoms with Crippen LogP contribution in [-0.4, -0.2) is 59.9 Å². The van der Waals surface area contributed by atoms with Gasteiger partial charge < -0.3 is 2.85 Å². The molecular formula is H11AlMgSi2. The maximum atomic E-state index is 1.44. The van der Waals surface area contributed by atoms with E-state index in [9.17, 15) is 0 Å². The Morgan fingerprint density at radius 2 is 1.25 bits per heavy atom. The van der Waals surface area contributed by atoms with Crippen LogP contribution in [0.3, 0.4) is 0 Å². The summed E-state index contributed by atoms with van der Waals surface area (Å²) in [7, 11) is 2.89. The van der Waals surface area contributed by atoms with E-state index in [1.54, 1.807) is 0 Å². The molecule has 0 bridgehead atoms. The summed E-state index contributed by atoms with van der Waals surface area (Å²) in [4.78, 5) is 0. The van der Waals surface area contributed by atoms with Gasteiger partial charge in [-0.25, -0.2) is 0 Å². The van der Waals surface area contributed by atoms with Gasteiger partial charge in [-0.3, -0.25) is 0 Å². The van der Waals surface area contributed by atoms with Crippen molar-refractivity contribution in [3.63, 3.8) is 0 Å². The van der Waals surface area contributed by atoms with Crippen molar-refractivity contribution in [3.8, 4) is 0 Å². The molecule has 0 aromatic heterocycles. The molecule has 0 saturated heterocycles. The molecule has 0 saturated carbocycles. The maximum Gasteiger partial charge on any atom is 2.00 e. The Kier molecular flexibility index (Phi) is 94.4. The van der Waals surface area contributed by atoms with Crippen molar-refractivity contribution in [2.24, 2.45) is 0 Å². The molecule has 0 N–H and O–H groups in total. The van der Waals surface area contributed by atoms with E-state index in [0.717, 1.165) is 0 Å². The fraction of sp³-hybridized carbons (Fsp3) is 0. The van der Waals surface area contributed by atoms with Gasteiger partial charge in [-0.1, -0.05) is 0 Å². The summed E-state index contributed by atoms with van der Waals surface area (Å²) in [6.45, 7) is 0. The van der Waals surface area contributed by atoms with E-state index in [2.05, 4.69) is 0 Å². The van der Waals surface area contributed by atoms with Crippen molar-refractivity contribution in [3.05, 3.63) is 0 Å². The predicted octanol–water partition coefficient (Wildman–Crippen LogP) is -3.71. The first-order valence-electron chi connectivity index (χ1n) is 1.00. The van der Waals surface area contributed by atoms with Crippen LogP contribution in [0.25, 0.3) is 0 Å². The van der Waals surface area contributed by atoms with Crippen LogP contribution in [0.15, 0.2) is 0 Å². The zero-order valence-electron chi connectivity index (χ0n) is 4.71. The van der Waals surface area contributed by atoms with E-state index < -0.39 is 0 Å². The first-order valence-corrected chi connectivity index (χ1v) is 9.00. The standard InChI is InChI=1S/Al.Mg.H6Si2.5H/c;;1-2;;;;;/h;;1-2H3;;;;;/q;+2;;;;;2*-1. The van der Waals surface area contributed by atoms with Gasteiger partial charge in [0.05, 0.1) is 0 Å². The molecule has 0 aliphatic rings. The summed E-state index contributed by atoms with van der Waals surface area (Å²) >= 11 is 0. The third-order valence-electron chi connectivity index (χ3n) is 0. The molecule has 24 valence electrons. The van der Waals surface area contributed by atoms with E-state index in [-0.39, 0.29) is 43.3 Å². The smallest absolute Gasteiger partial charge is 1.00 e. The molecule has 0 aliphatic heterocycles. The minimum Gasteiger partial charge on any atom is -1.00 e. The average molecular weight is 119 g/mol. The van der Waals surface area contributed by atoms with Crippen LogP contribution < -0.4 is 0 Å². The zero-order valence-corrected chi connectivity index (χ0v) is 8.12. The Morgan fingerprint density at radius 3 is 1.25 bits per heavy atom. The summed E-state index contributed by atoms with van der Waals surface area (Å²) in [5.41, 5.74) is 0. The largest absolute Gasteiger partial charge is 2.00 e. The molecule has 0 atom stereocenters. The second-order valence-corrected chi connectivity index (χ2v) is 0. The SMILES string of the molecule is [AlH3].[H-].[H-].[Mg+2].[SiH3][SiH3]. The fourth-order valence-corrected chi connectivity index (χ4v) is 0. The molecular weight excluding hydrogens is 107 g/mol. The Labute approximate surface area is 62.6 Å². The Balaban J connectivity index is -0.000000000833. The fourth-order valence-electron chi connectivity index (χ4n) is 0. The number of hydrogen-bond acceptors (Lipinski definition) is 0. The van der Waals surface area contributed by atoms with Crippen molar-refractivity contribution < 1.29 is 2.85 Å². The van der Waals surface area contributed by atoms with Crippen LogP contribution in [-0.2, 0) is 0 Å². The van der Waals surface area contributed by atoms with Gasteiger partial charge in [0.2, 0.25) is 0 Å². The summed E-state index contributed by atoms with van der Waals surface area (Å²) < 4.78 is 0. The topological polar surface area (TPSA) is 0 Å². The summed E-state index contributed by atoms with van der Waals surface area (Å²) in [6.07, 6.45) is 0. The first kappa shape index (κ1) is 17.2. The average Bonchev–Trinajstić information content (AvgIpc) is 1.00. The van der Waals surface area contributed by atoms with Crippen LogP contribution in [0.5, 0.6) is 0 Å². The summed E-state index contributed by atoms with van der Waals surface area (Å²) in [5.74, 6) is 0. The zero-order chi connectivity index (χ0) is 2.00. The van der Waals surface area contributed by atoms with Gasteiger partial charge >= 0.3 is 23.1 Å². The predicted molar refractivity (Wildman–Crippen MR) is 37.8 cm³/mol. The molecule has 0 nitrogen and oxygen atoms in total. The monoisotopic (exact) mass is 118 g/mol. The Morgan fingerprint density at radius 1 is 1.25 bits per heavy atom. The second-order valence-electron chi connectivity index (χ2n) is 0. The van der Waals surface area contributed by atoms with Gasteiger partial charge in [0.25, 0.3) is 0 Å². The third kappa shape index (κ3) is 9.28. The molecule has 0 aromatic carbocycles. The molecule has 4 heteroatoms. The Bertz CT molecular complexity index is 11.5. The minimum absolute atomic E-state index is 0. The van der Waals surface area contributed by atoms with Crippen molar-refractivity contribution in [2.75, 3.05) is 0 Å². The first-order chi connectivity index (χ1) is 1.00. The van der Waals surface area contributed by atoms with Gasteiger partial charge in [-0.15, -0.1) is 0 Å². The van der Waals surface area contributed by atoms with E-state index in [1.807, 2.05) is 0 Å². The molecule has 0 radical (unpaired) electrons. The van der Waals surface area contributed by atoms with Crippen molar-refractivity contribution in [2.45, 2.75) is 0 Å². The molecule has 0 fully saturated rings. The second kappa shape index (κ2) is 22.0. The normalized spacial score (nSPS) is 3.00. The van der Waals surface area contributed by atoms with Crippen LogP contribution in [0.4, 0.5) is 0 Å². The van der Waals surface area contributed by atoms with Gasteiger partial charge in [-0.05, 0) is 19.5 Å². The van der Waals surface area contributed by atoms with Gasteiger partial charge in [0.15, 0.2) is 17.4 Å². The number of rotatable bonds is 0. The Hall–Kier alpha value is 1.73. The van der Waals surface area contributed by atoms with Crippen molar-refractivity contribution in [1.82, 2.24) is 0 Å². The minimum atomic E-state index is 0. The van der Waals surface area contributed by atoms with Crippen molar-refractivity contribution in [1.29, 1.82) is 0 Å². The van der Waals surface area contributed by atoms with Gasteiger partial charge in [0, 0.05) is 0 Å². The molecule has 0 aromatic rings. The molecule has 0 rings (SSSR count). The van der Waals surface area contributed by atoms with Crippen molar-refractivity contribution >= 4 is 59.9 Å². The molecule has 0 heterocycles. The van der Waals surface area contributed by atoms with Crippen LogP contribution in [0.2, 0.25) is 0 Å². The van der Waals surface area contributed by atoms with E-state index in [1.165, 1.54) is 19.5 Å². The van der Waals surface area contributed by atoms with Gasteiger partial charge in [0.1, 0.15) is 0 Å². The van der Waals surface area contributed by atoms with Crippen LogP contribution in [0.1, 0.15) is 2.85 Å². The quantitative estimate of drug-likeness (QED) is 0.287. The molecule has 0 amide bonds. The maximum absolute atomic E-state index is 1.44. The van der Waals surface area contributed by atoms with E-state index >= 15 is 0 Å². The van der Waals surface area contributed by atoms with E-state index in [0.29, 0.717) is 0 Å². The summed E-state index contributed by atoms with van der Waals surface area (Å²) in [6, 6.07) is 0. The molecule has 4 heavy (non-hydrogen) atoms.